The molecule has 5 rings (SSSR count). The van der Waals surface area contributed by atoms with Gasteiger partial charge in [-0.3, -0.25) is 14.6 Å². The van der Waals surface area contributed by atoms with Gasteiger partial charge in [-0.05, 0) is 53.8 Å². The minimum absolute atomic E-state index is 0.135. The second kappa shape index (κ2) is 11.4. The number of nitrogens with zero attached hydrogens (tertiary/aromatic N) is 3. The van der Waals surface area contributed by atoms with E-state index >= 15 is 0 Å². The molecule has 0 unspecified atom stereocenters. The van der Waals surface area contributed by atoms with Crippen LogP contribution in [0.4, 0.5) is 10.1 Å². The molecule has 3 aromatic rings. The molecule has 0 radical (unpaired) electrons. The molecule has 2 fully saturated rings. The second-order valence-corrected chi connectivity index (χ2v) is 10.1. The van der Waals surface area contributed by atoms with Crippen LogP contribution >= 0.6 is 0 Å². The fourth-order valence-corrected chi connectivity index (χ4v) is 6.08. The van der Waals surface area contributed by atoms with Gasteiger partial charge in [-0.1, -0.05) is 54.6 Å². The summed E-state index contributed by atoms with van der Waals surface area (Å²) in [6, 6.07) is 22.6. The van der Waals surface area contributed by atoms with Crippen molar-refractivity contribution in [3.05, 3.63) is 78.1 Å². The lowest BCUT2D eigenvalue weighted by Gasteiger charge is -2.47. The van der Waals surface area contributed by atoms with Gasteiger partial charge in [0.2, 0.25) is 0 Å². The van der Waals surface area contributed by atoms with Crippen LogP contribution in [-0.4, -0.2) is 68.2 Å². The predicted molar refractivity (Wildman–Crippen MR) is 143 cm³/mol. The van der Waals surface area contributed by atoms with Crippen molar-refractivity contribution < 1.29 is 13.9 Å². The first-order chi connectivity index (χ1) is 17.6. The van der Waals surface area contributed by atoms with E-state index in [1.807, 2.05) is 12.1 Å². The largest absolute Gasteiger partial charge is 0.469 e. The van der Waals surface area contributed by atoms with Gasteiger partial charge in [-0.25, -0.2) is 4.39 Å². The highest BCUT2D eigenvalue weighted by molar-refractivity contribution is 5.85. The quantitative estimate of drug-likeness (QED) is 0.439. The second-order valence-electron chi connectivity index (χ2n) is 10.1. The van der Waals surface area contributed by atoms with Crippen molar-refractivity contribution in [3.8, 4) is 0 Å². The summed E-state index contributed by atoms with van der Waals surface area (Å²) in [7, 11) is 1.47. The predicted octanol–water partition coefficient (Wildman–Crippen LogP) is 4.94. The van der Waals surface area contributed by atoms with Crippen molar-refractivity contribution in [1.82, 2.24) is 9.80 Å². The highest BCUT2D eigenvalue weighted by Crippen LogP contribution is 2.30. The highest BCUT2D eigenvalue weighted by atomic mass is 19.1. The summed E-state index contributed by atoms with van der Waals surface area (Å²) in [6.07, 6.45) is 2.36. The van der Waals surface area contributed by atoms with Gasteiger partial charge in [0.25, 0.3) is 0 Å². The van der Waals surface area contributed by atoms with E-state index in [2.05, 4.69) is 57.2 Å². The first-order valence-corrected chi connectivity index (χ1v) is 13.1. The zero-order chi connectivity index (χ0) is 24.9. The minimum atomic E-state index is -0.149. The van der Waals surface area contributed by atoms with Gasteiger partial charge < -0.3 is 9.64 Å². The number of likely N-dealkylation sites (tertiary alicyclic amines) is 1. The Kier molecular flexibility index (Phi) is 7.83. The van der Waals surface area contributed by atoms with E-state index in [0.29, 0.717) is 24.1 Å². The normalized spacial score (nSPS) is 21.6. The molecule has 0 spiro atoms. The first-order valence-electron chi connectivity index (χ1n) is 13.1. The zero-order valence-corrected chi connectivity index (χ0v) is 21.1. The molecule has 2 aliphatic rings. The van der Waals surface area contributed by atoms with Crippen LogP contribution in [0.3, 0.4) is 0 Å². The molecule has 2 heterocycles. The molecule has 36 heavy (non-hydrogen) atoms. The molecule has 0 aromatic heterocycles. The van der Waals surface area contributed by atoms with Crippen LogP contribution in [-0.2, 0) is 16.1 Å². The molecule has 2 saturated heterocycles. The number of hydrogen-bond donors (Lipinski definition) is 0. The summed E-state index contributed by atoms with van der Waals surface area (Å²) < 4.78 is 19.3. The maximum absolute atomic E-state index is 14.3. The van der Waals surface area contributed by atoms with Gasteiger partial charge in [-0.2, -0.15) is 0 Å². The van der Waals surface area contributed by atoms with E-state index in [-0.39, 0.29) is 11.8 Å². The van der Waals surface area contributed by atoms with Crippen LogP contribution in [0.2, 0.25) is 0 Å². The number of methoxy groups -OCH3 is 1. The van der Waals surface area contributed by atoms with Crippen LogP contribution in [0.5, 0.6) is 0 Å². The molecule has 0 bridgehead atoms. The number of piperazine rings is 1. The number of piperidine rings is 1. The molecule has 190 valence electrons. The number of benzene rings is 3. The van der Waals surface area contributed by atoms with Crippen LogP contribution in [0.1, 0.15) is 24.8 Å². The van der Waals surface area contributed by atoms with Crippen molar-refractivity contribution in [3.63, 3.8) is 0 Å². The fourth-order valence-electron chi connectivity index (χ4n) is 6.08. The number of carbonyl (C=O) groups is 1. The Morgan fingerprint density at radius 3 is 2.50 bits per heavy atom. The SMILES string of the molecule is COC(=O)CC[C@@H]1CN(Cc2cccc3ccccc23)CC[C@@H]1N1CCN(c2ccccc2F)CC1. The molecular weight excluding hydrogens is 453 g/mol. The topological polar surface area (TPSA) is 36.0 Å². The fraction of sp³-hybridized carbons (Fsp3) is 0.433. The molecule has 0 N–H and O–H groups in total. The summed E-state index contributed by atoms with van der Waals surface area (Å²) in [4.78, 5) is 19.3. The third kappa shape index (κ3) is 5.55. The molecular formula is C30H36FN3O2. The summed E-state index contributed by atoms with van der Waals surface area (Å²) >= 11 is 0. The number of anilines is 1. The Labute approximate surface area is 213 Å². The molecule has 6 heteroatoms. The van der Waals surface area contributed by atoms with E-state index in [9.17, 15) is 9.18 Å². The molecule has 3 aromatic carbocycles. The summed E-state index contributed by atoms with van der Waals surface area (Å²) in [6.45, 7) is 6.40. The van der Waals surface area contributed by atoms with E-state index in [4.69, 9.17) is 4.74 Å². The Morgan fingerprint density at radius 1 is 0.944 bits per heavy atom. The molecule has 2 aliphatic heterocycles. The van der Waals surface area contributed by atoms with Crippen LogP contribution < -0.4 is 4.90 Å². The molecule has 5 nitrogen and oxygen atoms in total. The summed E-state index contributed by atoms with van der Waals surface area (Å²) in [5.41, 5.74) is 2.06. The van der Waals surface area contributed by atoms with Crippen molar-refractivity contribution in [2.24, 2.45) is 5.92 Å². The van der Waals surface area contributed by atoms with Gasteiger partial charge >= 0.3 is 5.97 Å². The number of esters is 1. The monoisotopic (exact) mass is 489 g/mol. The van der Waals surface area contributed by atoms with Crippen molar-refractivity contribution >= 4 is 22.4 Å². The maximum atomic E-state index is 14.3. The molecule has 0 amide bonds. The molecule has 0 saturated carbocycles. The maximum Gasteiger partial charge on any atom is 0.305 e. The number of para-hydroxylation sites is 1. The standard InChI is InChI=1S/C30H36FN3O2/c1-36-30(35)14-13-25-22-32(21-24-9-6-8-23-7-2-3-10-26(23)24)16-15-28(25)33-17-19-34(20-18-33)29-12-5-4-11-27(29)31/h2-12,25,28H,13-22H2,1H3/t25-,28+/m1/s1. The van der Waals surface area contributed by atoms with Gasteiger partial charge in [-0.15, -0.1) is 0 Å². The lowest BCUT2D eigenvalue weighted by Crippen LogP contribution is -2.56. The third-order valence-electron chi connectivity index (χ3n) is 7.98. The smallest absolute Gasteiger partial charge is 0.305 e. The van der Waals surface area contributed by atoms with E-state index in [0.717, 1.165) is 58.7 Å². The number of halogens is 1. The number of carbonyl (C=O) groups excluding carboxylic acids is 1. The van der Waals surface area contributed by atoms with Crippen molar-refractivity contribution in [2.75, 3.05) is 51.3 Å². The Balaban J connectivity index is 1.26. The number of ether oxygens (including phenoxy) is 1. The summed E-state index contributed by atoms with van der Waals surface area (Å²) in [5.74, 6) is 0.112. The van der Waals surface area contributed by atoms with Crippen LogP contribution in [0.25, 0.3) is 10.8 Å². The van der Waals surface area contributed by atoms with Crippen LogP contribution in [0, 0.1) is 11.7 Å². The Morgan fingerprint density at radius 2 is 1.69 bits per heavy atom. The van der Waals surface area contributed by atoms with Gasteiger partial charge in [0.05, 0.1) is 12.8 Å². The van der Waals surface area contributed by atoms with Gasteiger partial charge in [0, 0.05) is 51.7 Å². The number of hydrogen-bond acceptors (Lipinski definition) is 5. The van der Waals surface area contributed by atoms with Crippen LogP contribution in [0.15, 0.2) is 66.7 Å². The van der Waals surface area contributed by atoms with E-state index < -0.39 is 0 Å². The average molecular weight is 490 g/mol. The van der Waals surface area contributed by atoms with Gasteiger partial charge in [0.15, 0.2) is 0 Å². The average Bonchev–Trinajstić information content (AvgIpc) is 2.92. The Bertz CT molecular complexity index is 1170. The first kappa shape index (κ1) is 24.7. The summed E-state index contributed by atoms with van der Waals surface area (Å²) in [5, 5.41) is 2.59. The number of fused-ring (bicyclic) bond motifs is 1. The van der Waals surface area contributed by atoms with Gasteiger partial charge in [0.1, 0.15) is 5.82 Å². The molecule has 2 atom stereocenters. The molecule has 0 aliphatic carbocycles. The Hall–Kier alpha value is -2.96. The van der Waals surface area contributed by atoms with E-state index in [1.165, 1.54) is 29.5 Å². The highest BCUT2D eigenvalue weighted by Gasteiger charge is 2.35. The lowest BCUT2D eigenvalue weighted by atomic mass is 9.86. The van der Waals surface area contributed by atoms with Crippen molar-refractivity contribution in [1.29, 1.82) is 0 Å². The van der Waals surface area contributed by atoms with E-state index in [1.54, 1.807) is 6.07 Å². The van der Waals surface area contributed by atoms with Crippen molar-refractivity contribution in [2.45, 2.75) is 31.8 Å². The lowest BCUT2D eigenvalue weighted by molar-refractivity contribution is -0.141. The third-order valence-corrected chi connectivity index (χ3v) is 7.98. The zero-order valence-electron chi connectivity index (χ0n) is 21.1. The number of rotatable bonds is 7. The minimum Gasteiger partial charge on any atom is -0.469 e.